The molecule has 1 unspecified atom stereocenters. The fourth-order valence-corrected chi connectivity index (χ4v) is 3.37. The zero-order valence-electron chi connectivity index (χ0n) is 9.72. The predicted molar refractivity (Wildman–Crippen MR) is 71.1 cm³/mol. The molecule has 0 amide bonds. The second kappa shape index (κ2) is 5.55. The van der Waals surface area contributed by atoms with E-state index in [4.69, 9.17) is 5.73 Å². The van der Waals surface area contributed by atoms with Crippen molar-refractivity contribution in [2.24, 2.45) is 5.73 Å². The molecule has 0 saturated carbocycles. The summed E-state index contributed by atoms with van der Waals surface area (Å²) in [5.74, 6) is 3.60. The minimum absolute atomic E-state index is 0.636. The van der Waals surface area contributed by atoms with Crippen LogP contribution in [0.5, 0.6) is 0 Å². The van der Waals surface area contributed by atoms with Gasteiger partial charge >= 0.3 is 0 Å². The van der Waals surface area contributed by atoms with Crippen molar-refractivity contribution in [3.8, 4) is 0 Å². The summed E-state index contributed by atoms with van der Waals surface area (Å²) >= 11 is 2.03. The number of hydrogen-bond acceptors (Lipinski definition) is 4. The van der Waals surface area contributed by atoms with E-state index >= 15 is 0 Å². The predicted octanol–water partition coefficient (Wildman–Crippen LogP) is 1.52. The van der Waals surface area contributed by atoms with E-state index in [0.717, 1.165) is 12.2 Å². The molecule has 1 aliphatic heterocycles. The lowest BCUT2D eigenvalue weighted by molar-refractivity contribution is 0.687. The summed E-state index contributed by atoms with van der Waals surface area (Å²) < 4.78 is 0. The van der Waals surface area contributed by atoms with Crippen LogP contribution < -0.4 is 10.6 Å². The van der Waals surface area contributed by atoms with E-state index in [1.54, 1.807) is 0 Å². The molecule has 88 valence electrons. The average Bonchev–Trinajstić information content (AvgIpc) is 2.83. The molecule has 0 radical (unpaired) electrons. The molecule has 0 bridgehead atoms. The van der Waals surface area contributed by atoms with Gasteiger partial charge in [-0.2, -0.15) is 11.8 Å². The van der Waals surface area contributed by atoms with E-state index in [0.29, 0.717) is 12.6 Å². The van der Waals surface area contributed by atoms with Crippen LogP contribution in [0.3, 0.4) is 0 Å². The molecule has 0 aliphatic carbocycles. The van der Waals surface area contributed by atoms with Crippen molar-refractivity contribution >= 4 is 17.6 Å². The highest BCUT2D eigenvalue weighted by molar-refractivity contribution is 7.99. The maximum Gasteiger partial charge on any atom is 0.131 e. The quantitative estimate of drug-likeness (QED) is 0.862. The van der Waals surface area contributed by atoms with Crippen LogP contribution in [-0.4, -0.2) is 36.1 Å². The Labute approximate surface area is 101 Å². The van der Waals surface area contributed by atoms with Gasteiger partial charge in [-0.3, -0.25) is 0 Å². The van der Waals surface area contributed by atoms with Gasteiger partial charge in [-0.1, -0.05) is 6.07 Å². The Hall–Kier alpha value is -0.740. The molecule has 0 aromatic carbocycles. The van der Waals surface area contributed by atoms with Crippen LogP contribution in [-0.2, 0) is 6.42 Å². The number of aromatic nitrogens is 1. The number of anilines is 1. The number of pyridine rings is 1. The highest BCUT2D eigenvalue weighted by Crippen LogP contribution is 2.26. The highest BCUT2D eigenvalue weighted by Gasteiger charge is 2.22. The smallest absolute Gasteiger partial charge is 0.131 e. The van der Waals surface area contributed by atoms with Gasteiger partial charge < -0.3 is 10.6 Å². The van der Waals surface area contributed by atoms with Crippen LogP contribution in [0, 0.1) is 0 Å². The van der Waals surface area contributed by atoms with Crippen LogP contribution in [0.1, 0.15) is 12.0 Å². The van der Waals surface area contributed by atoms with Gasteiger partial charge in [-0.15, -0.1) is 0 Å². The summed E-state index contributed by atoms with van der Waals surface area (Å²) in [7, 11) is 2.15. The SMILES string of the molecule is CN(c1ncccc1CCN)C1CCSC1. The van der Waals surface area contributed by atoms with E-state index < -0.39 is 0 Å². The number of hydrogen-bond donors (Lipinski definition) is 1. The van der Waals surface area contributed by atoms with Crippen LogP contribution in [0.25, 0.3) is 0 Å². The fourth-order valence-electron chi connectivity index (χ4n) is 2.10. The minimum atomic E-state index is 0.636. The molecular weight excluding hydrogens is 218 g/mol. The second-order valence-corrected chi connectivity index (χ2v) is 5.30. The first kappa shape index (κ1) is 11.7. The normalized spacial score (nSPS) is 20.0. The Morgan fingerprint density at radius 2 is 2.50 bits per heavy atom. The molecule has 2 N–H and O–H groups in total. The van der Waals surface area contributed by atoms with E-state index in [1.807, 2.05) is 24.0 Å². The monoisotopic (exact) mass is 237 g/mol. The van der Waals surface area contributed by atoms with Crippen molar-refractivity contribution in [1.29, 1.82) is 0 Å². The van der Waals surface area contributed by atoms with Gasteiger partial charge in [0.25, 0.3) is 0 Å². The first-order valence-corrected chi connectivity index (χ1v) is 6.93. The summed E-state index contributed by atoms with van der Waals surface area (Å²) in [4.78, 5) is 6.83. The molecule has 3 nitrogen and oxygen atoms in total. The molecule has 1 aromatic rings. The summed E-state index contributed by atoms with van der Waals surface area (Å²) in [6, 6.07) is 4.76. The number of nitrogens with zero attached hydrogens (tertiary/aromatic N) is 2. The third-order valence-corrected chi connectivity index (χ3v) is 4.21. The Bertz CT molecular complexity index is 337. The van der Waals surface area contributed by atoms with Gasteiger partial charge in [0.05, 0.1) is 0 Å². The van der Waals surface area contributed by atoms with E-state index in [2.05, 4.69) is 23.0 Å². The largest absolute Gasteiger partial charge is 0.356 e. The van der Waals surface area contributed by atoms with Gasteiger partial charge in [0.2, 0.25) is 0 Å². The molecule has 4 heteroatoms. The molecule has 2 heterocycles. The Balaban J connectivity index is 2.17. The first-order valence-electron chi connectivity index (χ1n) is 5.77. The van der Waals surface area contributed by atoms with Crippen molar-refractivity contribution in [2.75, 3.05) is 30.0 Å². The van der Waals surface area contributed by atoms with Crippen molar-refractivity contribution in [1.82, 2.24) is 4.98 Å². The summed E-state index contributed by atoms with van der Waals surface area (Å²) in [6.07, 6.45) is 4.04. The van der Waals surface area contributed by atoms with E-state index in [-0.39, 0.29) is 0 Å². The molecule has 1 aromatic heterocycles. The Kier molecular flexibility index (Phi) is 4.07. The van der Waals surface area contributed by atoms with Gasteiger partial charge in [-0.25, -0.2) is 4.98 Å². The molecule has 0 spiro atoms. The van der Waals surface area contributed by atoms with E-state index in [1.165, 1.54) is 23.5 Å². The summed E-state index contributed by atoms with van der Waals surface area (Å²) in [5.41, 5.74) is 6.90. The Morgan fingerprint density at radius 1 is 1.62 bits per heavy atom. The molecule has 1 fully saturated rings. The topological polar surface area (TPSA) is 42.2 Å². The second-order valence-electron chi connectivity index (χ2n) is 4.15. The van der Waals surface area contributed by atoms with Crippen LogP contribution >= 0.6 is 11.8 Å². The standard InChI is InChI=1S/C12H19N3S/c1-15(11-5-8-16-9-11)12-10(4-6-13)3-2-7-14-12/h2-3,7,11H,4-6,8-9,13H2,1H3. The van der Waals surface area contributed by atoms with Crippen LogP contribution in [0.2, 0.25) is 0 Å². The number of nitrogens with two attached hydrogens (primary N) is 1. The third-order valence-electron chi connectivity index (χ3n) is 3.07. The zero-order valence-corrected chi connectivity index (χ0v) is 10.5. The third kappa shape index (κ3) is 2.50. The lowest BCUT2D eigenvalue weighted by atomic mass is 10.1. The number of rotatable bonds is 4. The van der Waals surface area contributed by atoms with E-state index in [9.17, 15) is 0 Å². The van der Waals surface area contributed by atoms with Crippen molar-refractivity contribution < 1.29 is 0 Å². The molecule has 1 aliphatic rings. The van der Waals surface area contributed by atoms with Gasteiger partial charge in [-0.05, 0) is 36.8 Å². The Morgan fingerprint density at radius 3 is 3.19 bits per heavy atom. The molecule has 16 heavy (non-hydrogen) atoms. The zero-order chi connectivity index (χ0) is 11.4. The van der Waals surface area contributed by atoms with Gasteiger partial charge in [0.15, 0.2) is 0 Å². The van der Waals surface area contributed by atoms with Crippen molar-refractivity contribution in [3.05, 3.63) is 23.9 Å². The maximum absolute atomic E-state index is 5.63. The summed E-state index contributed by atoms with van der Waals surface area (Å²) in [6.45, 7) is 0.686. The van der Waals surface area contributed by atoms with Crippen LogP contribution in [0.15, 0.2) is 18.3 Å². The molecule has 2 rings (SSSR count). The maximum atomic E-state index is 5.63. The van der Waals surface area contributed by atoms with Crippen molar-refractivity contribution in [3.63, 3.8) is 0 Å². The molecule has 1 atom stereocenters. The lowest BCUT2D eigenvalue weighted by Crippen LogP contribution is -2.33. The minimum Gasteiger partial charge on any atom is -0.356 e. The molecule has 1 saturated heterocycles. The van der Waals surface area contributed by atoms with Crippen LogP contribution in [0.4, 0.5) is 5.82 Å². The first-order chi connectivity index (χ1) is 7.83. The van der Waals surface area contributed by atoms with Gasteiger partial charge in [0, 0.05) is 25.0 Å². The van der Waals surface area contributed by atoms with Gasteiger partial charge in [0.1, 0.15) is 5.82 Å². The summed E-state index contributed by atoms with van der Waals surface area (Å²) in [5, 5.41) is 0. The molecular formula is C12H19N3S. The average molecular weight is 237 g/mol. The highest BCUT2D eigenvalue weighted by atomic mass is 32.2. The fraction of sp³-hybridized carbons (Fsp3) is 0.583. The lowest BCUT2D eigenvalue weighted by Gasteiger charge is -2.26. The number of thioether (sulfide) groups is 1. The van der Waals surface area contributed by atoms with Crippen molar-refractivity contribution in [2.45, 2.75) is 18.9 Å².